The lowest BCUT2D eigenvalue weighted by atomic mass is 10.1. The highest BCUT2D eigenvalue weighted by atomic mass is 32.2. The molecule has 0 aromatic heterocycles. The molecule has 0 spiro atoms. The van der Waals surface area contributed by atoms with Crippen LogP contribution in [-0.4, -0.2) is 43.7 Å². The van der Waals surface area contributed by atoms with Crippen LogP contribution in [-0.2, 0) is 19.6 Å². The van der Waals surface area contributed by atoms with Gasteiger partial charge in [-0.1, -0.05) is 36.4 Å². The largest absolute Gasteiger partial charge is 0.353 e. The minimum absolute atomic E-state index is 0.100. The van der Waals surface area contributed by atoms with Crippen LogP contribution in [0.2, 0.25) is 0 Å². The molecular weight excluding hydrogens is 354 g/mol. The molecule has 1 saturated heterocycles. The molecule has 0 aliphatic carbocycles. The quantitative estimate of drug-likeness (QED) is 0.823. The molecule has 0 radical (unpaired) electrons. The average molecular weight is 373 g/mol. The van der Waals surface area contributed by atoms with E-state index in [1.54, 1.807) is 42.5 Å². The molecule has 2 aromatic rings. The lowest BCUT2D eigenvalue weighted by Crippen LogP contribution is -2.57. The maximum absolute atomic E-state index is 12.9. The van der Waals surface area contributed by atoms with Gasteiger partial charge in [-0.3, -0.25) is 9.59 Å². The maximum atomic E-state index is 12.9. The number of sulfonamides is 1. The number of carbonyl (C=O) groups excluding carboxylic acids is 2. The van der Waals surface area contributed by atoms with Gasteiger partial charge in [0.2, 0.25) is 21.8 Å². The van der Waals surface area contributed by atoms with E-state index in [2.05, 4.69) is 10.6 Å². The molecule has 26 heavy (non-hydrogen) atoms. The number of rotatable bonds is 5. The summed E-state index contributed by atoms with van der Waals surface area (Å²) in [6.45, 7) is 0.327. The van der Waals surface area contributed by atoms with Crippen molar-refractivity contribution in [2.24, 2.45) is 0 Å². The number of nitrogens with one attached hydrogen (secondary N) is 2. The molecule has 7 nitrogen and oxygen atoms in total. The van der Waals surface area contributed by atoms with E-state index in [0.29, 0.717) is 5.69 Å². The molecule has 1 unspecified atom stereocenters. The molecule has 3 rings (SSSR count). The Hall–Kier alpha value is -2.71. The number of para-hydroxylation sites is 1. The summed E-state index contributed by atoms with van der Waals surface area (Å²) in [5.74, 6) is -0.898. The standard InChI is InChI=1S/C18H19N3O4S/c22-17(20-14-7-3-1-4-8-14)13-16-18(23)19-11-12-21(16)26(24,25)15-9-5-2-6-10-15/h1-10,16H,11-13H2,(H,19,23)(H,20,22). The molecule has 1 aliphatic heterocycles. The normalized spacial score (nSPS) is 18.2. The van der Waals surface area contributed by atoms with Gasteiger partial charge in [-0.25, -0.2) is 8.42 Å². The average Bonchev–Trinajstić information content (AvgIpc) is 2.65. The summed E-state index contributed by atoms with van der Waals surface area (Å²) in [5, 5.41) is 5.31. The van der Waals surface area contributed by atoms with Gasteiger partial charge in [0.15, 0.2) is 0 Å². The first-order valence-corrected chi connectivity index (χ1v) is 9.62. The van der Waals surface area contributed by atoms with Crippen LogP contribution in [0.1, 0.15) is 6.42 Å². The molecule has 2 amide bonds. The van der Waals surface area contributed by atoms with Gasteiger partial charge in [0, 0.05) is 18.8 Å². The zero-order valence-electron chi connectivity index (χ0n) is 14.0. The Bertz CT molecular complexity index is 885. The zero-order chi connectivity index (χ0) is 18.6. The van der Waals surface area contributed by atoms with Crippen LogP contribution in [0.5, 0.6) is 0 Å². The second kappa shape index (κ2) is 7.67. The van der Waals surface area contributed by atoms with Crippen LogP contribution in [0.3, 0.4) is 0 Å². The monoisotopic (exact) mass is 373 g/mol. The zero-order valence-corrected chi connectivity index (χ0v) is 14.8. The van der Waals surface area contributed by atoms with Gasteiger partial charge >= 0.3 is 0 Å². The molecular formula is C18H19N3O4S. The van der Waals surface area contributed by atoms with E-state index in [-0.39, 0.29) is 24.4 Å². The van der Waals surface area contributed by atoms with Gasteiger partial charge in [-0.15, -0.1) is 0 Å². The molecule has 2 aromatic carbocycles. The first-order valence-electron chi connectivity index (χ1n) is 8.18. The van der Waals surface area contributed by atoms with Crippen LogP contribution < -0.4 is 10.6 Å². The first-order chi connectivity index (χ1) is 12.5. The lowest BCUT2D eigenvalue weighted by molar-refractivity contribution is -0.130. The van der Waals surface area contributed by atoms with E-state index in [0.717, 1.165) is 4.31 Å². The second-order valence-corrected chi connectivity index (χ2v) is 7.74. The van der Waals surface area contributed by atoms with Gasteiger partial charge in [0.1, 0.15) is 6.04 Å². The third kappa shape index (κ3) is 3.92. The van der Waals surface area contributed by atoms with Crippen LogP contribution in [0.15, 0.2) is 65.6 Å². The van der Waals surface area contributed by atoms with Crippen molar-refractivity contribution < 1.29 is 18.0 Å². The van der Waals surface area contributed by atoms with E-state index < -0.39 is 27.9 Å². The lowest BCUT2D eigenvalue weighted by Gasteiger charge is -2.33. The SMILES string of the molecule is O=C(CC1C(=O)NCCN1S(=O)(=O)c1ccccc1)Nc1ccccc1. The number of amides is 2. The fourth-order valence-corrected chi connectivity index (χ4v) is 4.42. The molecule has 136 valence electrons. The van der Waals surface area contributed by atoms with E-state index in [1.807, 2.05) is 6.07 Å². The third-order valence-electron chi connectivity index (χ3n) is 4.07. The van der Waals surface area contributed by atoms with E-state index in [9.17, 15) is 18.0 Å². The van der Waals surface area contributed by atoms with Gasteiger partial charge in [0.25, 0.3) is 0 Å². The summed E-state index contributed by atoms with van der Waals surface area (Å²) in [5.41, 5.74) is 0.589. The Morgan fingerprint density at radius 2 is 1.69 bits per heavy atom. The number of carbonyl (C=O) groups is 2. The summed E-state index contributed by atoms with van der Waals surface area (Å²) < 4.78 is 26.9. The molecule has 1 heterocycles. The number of piperazine rings is 1. The van der Waals surface area contributed by atoms with Crippen molar-refractivity contribution >= 4 is 27.5 Å². The molecule has 1 aliphatic rings. The van der Waals surface area contributed by atoms with Crippen molar-refractivity contribution in [3.63, 3.8) is 0 Å². The van der Waals surface area contributed by atoms with Gasteiger partial charge in [0.05, 0.1) is 11.3 Å². The first kappa shape index (κ1) is 18.1. The number of hydrogen-bond donors (Lipinski definition) is 2. The predicted octanol–water partition coefficient (Wildman–Crippen LogP) is 1.20. The Morgan fingerprint density at radius 3 is 2.35 bits per heavy atom. The van der Waals surface area contributed by atoms with Crippen molar-refractivity contribution in [1.82, 2.24) is 9.62 Å². The third-order valence-corrected chi connectivity index (χ3v) is 5.99. The highest BCUT2D eigenvalue weighted by Gasteiger charge is 2.39. The minimum atomic E-state index is -3.87. The molecule has 1 fully saturated rings. The Labute approximate surface area is 152 Å². The number of benzene rings is 2. The minimum Gasteiger partial charge on any atom is -0.353 e. The fourth-order valence-electron chi connectivity index (χ4n) is 2.81. The van der Waals surface area contributed by atoms with Crippen molar-refractivity contribution in [3.8, 4) is 0 Å². The van der Waals surface area contributed by atoms with Gasteiger partial charge in [-0.2, -0.15) is 4.31 Å². The van der Waals surface area contributed by atoms with Crippen LogP contribution >= 0.6 is 0 Å². The van der Waals surface area contributed by atoms with Crippen molar-refractivity contribution in [2.75, 3.05) is 18.4 Å². The maximum Gasteiger partial charge on any atom is 0.243 e. The summed E-state index contributed by atoms with van der Waals surface area (Å²) in [6, 6.07) is 15.6. The summed E-state index contributed by atoms with van der Waals surface area (Å²) in [4.78, 5) is 24.7. The highest BCUT2D eigenvalue weighted by molar-refractivity contribution is 7.89. The summed E-state index contributed by atoms with van der Waals surface area (Å²) in [6.07, 6.45) is -0.257. The summed E-state index contributed by atoms with van der Waals surface area (Å²) >= 11 is 0. The molecule has 0 saturated carbocycles. The predicted molar refractivity (Wildman–Crippen MR) is 96.8 cm³/mol. The smallest absolute Gasteiger partial charge is 0.243 e. The van der Waals surface area contributed by atoms with Crippen LogP contribution in [0.25, 0.3) is 0 Å². The summed E-state index contributed by atoms with van der Waals surface area (Å²) in [7, 11) is -3.87. The van der Waals surface area contributed by atoms with Gasteiger partial charge in [-0.05, 0) is 24.3 Å². The molecule has 2 N–H and O–H groups in total. The Balaban J connectivity index is 1.81. The van der Waals surface area contributed by atoms with Crippen molar-refractivity contribution in [1.29, 1.82) is 0 Å². The molecule has 0 bridgehead atoms. The van der Waals surface area contributed by atoms with E-state index in [4.69, 9.17) is 0 Å². The van der Waals surface area contributed by atoms with Gasteiger partial charge < -0.3 is 10.6 Å². The highest BCUT2D eigenvalue weighted by Crippen LogP contribution is 2.21. The fraction of sp³-hybridized carbons (Fsp3) is 0.222. The Morgan fingerprint density at radius 1 is 1.08 bits per heavy atom. The number of hydrogen-bond acceptors (Lipinski definition) is 4. The Kier molecular flexibility index (Phi) is 5.34. The number of anilines is 1. The van der Waals surface area contributed by atoms with Crippen LogP contribution in [0, 0.1) is 0 Å². The topological polar surface area (TPSA) is 95.6 Å². The van der Waals surface area contributed by atoms with Crippen LogP contribution in [0.4, 0.5) is 5.69 Å². The second-order valence-electron chi connectivity index (χ2n) is 5.85. The molecule has 8 heteroatoms. The van der Waals surface area contributed by atoms with Crippen molar-refractivity contribution in [3.05, 3.63) is 60.7 Å². The molecule has 1 atom stereocenters. The number of nitrogens with zero attached hydrogens (tertiary/aromatic N) is 1. The van der Waals surface area contributed by atoms with E-state index >= 15 is 0 Å². The van der Waals surface area contributed by atoms with Crippen molar-refractivity contribution in [2.45, 2.75) is 17.4 Å². The van der Waals surface area contributed by atoms with E-state index in [1.165, 1.54) is 12.1 Å².